The van der Waals surface area contributed by atoms with Gasteiger partial charge < -0.3 is 5.73 Å². The predicted molar refractivity (Wildman–Crippen MR) is 73.4 cm³/mol. The molecule has 0 saturated carbocycles. The summed E-state index contributed by atoms with van der Waals surface area (Å²) in [5.41, 5.74) is 14.3. The van der Waals surface area contributed by atoms with Gasteiger partial charge in [-0.25, -0.2) is 4.98 Å². The van der Waals surface area contributed by atoms with Crippen molar-refractivity contribution in [2.24, 2.45) is 5.73 Å². The van der Waals surface area contributed by atoms with Gasteiger partial charge in [0.05, 0.1) is 17.2 Å². The lowest BCUT2D eigenvalue weighted by Crippen LogP contribution is -2.15. The summed E-state index contributed by atoms with van der Waals surface area (Å²) in [5, 5.41) is 2.03. The molecule has 0 amide bonds. The molecule has 0 bridgehead atoms. The third kappa shape index (κ3) is 2.73. The molecule has 2 nitrogen and oxygen atoms in total. The summed E-state index contributed by atoms with van der Waals surface area (Å²) in [7, 11) is 0. The third-order valence-corrected chi connectivity index (χ3v) is 3.70. The standard InChI is InChI=1S/C14H18N2S/c1-9-4-10(2)12(11(3)5-9)6-13(15)14-7-17-8-16-14/h4-5,7-8,13H,6,15H2,1-3H3. The summed E-state index contributed by atoms with van der Waals surface area (Å²) in [6.07, 6.45) is 0.863. The number of thiazole rings is 1. The molecule has 2 N–H and O–H groups in total. The number of nitrogens with zero attached hydrogens (tertiary/aromatic N) is 1. The fourth-order valence-electron chi connectivity index (χ4n) is 2.26. The van der Waals surface area contributed by atoms with Gasteiger partial charge in [-0.2, -0.15) is 0 Å². The van der Waals surface area contributed by atoms with E-state index in [2.05, 4.69) is 37.9 Å². The lowest BCUT2D eigenvalue weighted by Gasteiger charge is -2.15. The zero-order valence-electron chi connectivity index (χ0n) is 10.5. The average molecular weight is 246 g/mol. The van der Waals surface area contributed by atoms with Gasteiger partial charge in [-0.15, -0.1) is 11.3 Å². The predicted octanol–water partition coefficient (Wildman–Crippen LogP) is 3.31. The van der Waals surface area contributed by atoms with E-state index in [1.54, 1.807) is 11.3 Å². The van der Waals surface area contributed by atoms with Crippen LogP contribution >= 0.6 is 11.3 Å². The first-order chi connectivity index (χ1) is 8.08. The highest BCUT2D eigenvalue weighted by Crippen LogP contribution is 2.22. The molecule has 1 atom stereocenters. The van der Waals surface area contributed by atoms with Crippen molar-refractivity contribution in [2.45, 2.75) is 33.2 Å². The van der Waals surface area contributed by atoms with Crippen LogP contribution in [0.25, 0.3) is 0 Å². The van der Waals surface area contributed by atoms with Crippen molar-refractivity contribution in [3.63, 3.8) is 0 Å². The maximum atomic E-state index is 6.19. The zero-order valence-corrected chi connectivity index (χ0v) is 11.3. The van der Waals surface area contributed by atoms with Crippen LogP contribution in [-0.4, -0.2) is 4.98 Å². The summed E-state index contributed by atoms with van der Waals surface area (Å²) < 4.78 is 0. The van der Waals surface area contributed by atoms with Crippen LogP contribution in [0.4, 0.5) is 0 Å². The third-order valence-electron chi connectivity index (χ3n) is 3.10. The Morgan fingerprint density at radius 3 is 2.41 bits per heavy atom. The number of benzene rings is 1. The Bertz CT molecular complexity index is 480. The molecule has 2 aromatic rings. The van der Waals surface area contributed by atoms with E-state index in [-0.39, 0.29) is 6.04 Å². The average Bonchev–Trinajstić information content (AvgIpc) is 2.76. The van der Waals surface area contributed by atoms with Gasteiger partial charge in [-0.3, -0.25) is 0 Å². The van der Waals surface area contributed by atoms with E-state index < -0.39 is 0 Å². The number of hydrogen-bond donors (Lipinski definition) is 1. The zero-order chi connectivity index (χ0) is 12.4. The molecule has 90 valence electrons. The van der Waals surface area contributed by atoms with Crippen molar-refractivity contribution in [3.05, 3.63) is 51.0 Å². The van der Waals surface area contributed by atoms with Gasteiger partial charge in [0.1, 0.15) is 0 Å². The fraction of sp³-hybridized carbons (Fsp3) is 0.357. The second kappa shape index (κ2) is 4.98. The Labute approximate surface area is 107 Å². The minimum absolute atomic E-state index is 0.00126. The van der Waals surface area contributed by atoms with E-state index in [9.17, 15) is 0 Å². The van der Waals surface area contributed by atoms with E-state index in [0.29, 0.717) is 0 Å². The van der Waals surface area contributed by atoms with Crippen LogP contribution in [-0.2, 0) is 6.42 Å². The van der Waals surface area contributed by atoms with Gasteiger partial charge in [0.25, 0.3) is 0 Å². The van der Waals surface area contributed by atoms with Crippen LogP contribution in [0.5, 0.6) is 0 Å². The van der Waals surface area contributed by atoms with Gasteiger partial charge in [0, 0.05) is 5.38 Å². The molecular weight excluding hydrogens is 228 g/mol. The second-order valence-electron chi connectivity index (χ2n) is 4.60. The smallest absolute Gasteiger partial charge is 0.0795 e. The van der Waals surface area contributed by atoms with Crippen LogP contribution in [0.3, 0.4) is 0 Å². The van der Waals surface area contributed by atoms with Crippen molar-refractivity contribution >= 4 is 11.3 Å². The van der Waals surface area contributed by atoms with E-state index in [1.807, 2.05) is 10.9 Å². The molecule has 0 fully saturated rings. The Morgan fingerprint density at radius 2 is 1.88 bits per heavy atom. The van der Waals surface area contributed by atoms with E-state index in [4.69, 9.17) is 5.73 Å². The van der Waals surface area contributed by atoms with E-state index in [0.717, 1.165) is 12.1 Å². The largest absolute Gasteiger partial charge is 0.322 e. The SMILES string of the molecule is Cc1cc(C)c(CC(N)c2cscn2)c(C)c1. The van der Waals surface area contributed by atoms with Crippen LogP contribution in [0.15, 0.2) is 23.0 Å². The van der Waals surface area contributed by atoms with Crippen molar-refractivity contribution in [3.8, 4) is 0 Å². The molecule has 17 heavy (non-hydrogen) atoms. The highest BCUT2D eigenvalue weighted by atomic mass is 32.1. The number of aromatic nitrogens is 1. The minimum atomic E-state index is 0.00126. The van der Waals surface area contributed by atoms with Crippen molar-refractivity contribution in [2.75, 3.05) is 0 Å². The normalized spacial score (nSPS) is 12.7. The lowest BCUT2D eigenvalue weighted by molar-refractivity contribution is 0.696. The Morgan fingerprint density at radius 1 is 1.24 bits per heavy atom. The van der Waals surface area contributed by atoms with Gasteiger partial charge in [0.15, 0.2) is 0 Å². The fourth-order valence-corrected chi connectivity index (χ4v) is 2.88. The molecule has 0 aliphatic heterocycles. The highest BCUT2D eigenvalue weighted by molar-refractivity contribution is 7.07. The molecule has 0 aliphatic rings. The highest BCUT2D eigenvalue weighted by Gasteiger charge is 2.12. The quantitative estimate of drug-likeness (QED) is 0.902. The number of aryl methyl sites for hydroxylation is 3. The number of hydrogen-bond acceptors (Lipinski definition) is 3. The minimum Gasteiger partial charge on any atom is -0.322 e. The van der Waals surface area contributed by atoms with Gasteiger partial charge in [0.2, 0.25) is 0 Å². The van der Waals surface area contributed by atoms with Gasteiger partial charge in [-0.05, 0) is 43.9 Å². The Kier molecular flexibility index (Phi) is 3.60. The summed E-state index contributed by atoms with van der Waals surface area (Å²) in [5.74, 6) is 0. The summed E-state index contributed by atoms with van der Waals surface area (Å²) in [6.45, 7) is 6.44. The van der Waals surface area contributed by atoms with Crippen LogP contribution in [0, 0.1) is 20.8 Å². The van der Waals surface area contributed by atoms with Crippen LogP contribution < -0.4 is 5.73 Å². The Hall–Kier alpha value is -1.19. The van der Waals surface area contributed by atoms with Gasteiger partial charge in [-0.1, -0.05) is 17.7 Å². The van der Waals surface area contributed by atoms with Crippen molar-refractivity contribution in [1.82, 2.24) is 4.98 Å². The first-order valence-electron chi connectivity index (χ1n) is 5.78. The molecule has 0 saturated heterocycles. The van der Waals surface area contributed by atoms with Crippen molar-refractivity contribution in [1.29, 1.82) is 0 Å². The monoisotopic (exact) mass is 246 g/mol. The summed E-state index contributed by atoms with van der Waals surface area (Å²) in [4.78, 5) is 4.28. The van der Waals surface area contributed by atoms with E-state index in [1.165, 1.54) is 22.3 Å². The molecule has 1 unspecified atom stereocenters. The van der Waals surface area contributed by atoms with E-state index >= 15 is 0 Å². The van der Waals surface area contributed by atoms with Crippen LogP contribution in [0.2, 0.25) is 0 Å². The number of rotatable bonds is 3. The van der Waals surface area contributed by atoms with Gasteiger partial charge >= 0.3 is 0 Å². The molecule has 1 heterocycles. The molecule has 0 aliphatic carbocycles. The number of nitrogens with two attached hydrogens (primary N) is 1. The summed E-state index contributed by atoms with van der Waals surface area (Å²) >= 11 is 1.60. The molecule has 1 aromatic heterocycles. The molecule has 0 radical (unpaired) electrons. The molecular formula is C14H18N2S. The summed E-state index contributed by atoms with van der Waals surface area (Å²) in [6, 6.07) is 4.44. The molecule has 3 heteroatoms. The second-order valence-corrected chi connectivity index (χ2v) is 5.32. The first kappa shape index (κ1) is 12.3. The maximum absolute atomic E-state index is 6.19. The van der Waals surface area contributed by atoms with Crippen molar-refractivity contribution < 1.29 is 0 Å². The topological polar surface area (TPSA) is 38.9 Å². The first-order valence-corrected chi connectivity index (χ1v) is 6.72. The molecule has 1 aromatic carbocycles. The Balaban J connectivity index is 2.25. The van der Waals surface area contributed by atoms with Crippen LogP contribution in [0.1, 0.15) is 34.0 Å². The lowest BCUT2D eigenvalue weighted by atomic mass is 9.94. The maximum Gasteiger partial charge on any atom is 0.0795 e. The molecule has 0 spiro atoms. The molecule has 2 rings (SSSR count).